The van der Waals surface area contributed by atoms with Crippen molar-refractivity contribution in [1.29, 1.82) is 0 Å². The Morgan fingerprint density at radius 2 is 1.04 bits per heavy atom. The van der Waals surface area contributed by atoms with Crippen LogP contribution in [0.1, 0.15) is 112 Å². The first-order valence-electron chi connectivity index (χ1n) is 14.7. The number of carbonyl (C=O) groups is 2. The Balaban J connectivity index is 0.00000288. The smallest absolute Gasteiger partial charge is 1.00 e. The van der Waals surface area contributed by atoms with Gasteiger partial charge in [0.1, 0.15) is 0 Å². The molecule has 6 N–H and O–H groups in total. The molecule has 10 nitrogen and oxygen atoms in total. The van der Waals surface area contributed by atoms with Crippen LogP contribution in [0.15, 0.2) is 24.3 Å². The number of aryl methyl sites for hydroxylation is 2. The zero-order chi connectivity index (χ0) is 32.0. The first-order chi connectivity index (χ1) is 20.8. The molecule has 0 aliphatic carbocycles. The topological polar surface area (TPSA) is 172 Å². The Hall–Kier alpha value is -3.54. The number of H-pyrrole nitrogens is 2. The van der Waals surface area contributed by atoms with Crippen molar-refractivity contribution >= 4 is 56.3 Å². The average molecular weight is 623 g/mol. The van der Waals surface area contributed by atoms with Gasteiger partial charge >= 0.3 is 41.5 Å². The van der Waals surface area contributed by atoms with Crippen LogP contribution in [0.25, 0.3) is 44.4 Å². The number of aliphatic carboxylic acids is 2. The third kappa shape index (κ3) is 6.71. The summed E-state index contributed by atoms with van der Waals surface area (Å²) < 4.78 is 0. The monoisotopic (exact) mass is 622 g/mol. The van der Waals surface area contributed by atoms with Crippen molar-refractivity contribution in [2.75, 3.05) is 0 Å². The number of aliphatic hydroxyl groups excluding tert-OH is 2. The number of allylic oxidation sites excluding steroid dienone is 4. The van der Waals surface area contributed by atoms with E-state index in [1.807, 2.05) is 52.0 Å². The number of carboxylic acid groups (broad SMARTS) is 2. The van der Waals surface area contributed by atoms with E-state index in [1.54, 1.807) is 13.8 Å². The third-order valence-electron chi connectivity index (χ3n) is 8.65. The van der Waals surface area contributed by atoms with Gasteiger partial charge in [-0.15, -0.1) is 0 Å². The van der Waals surface area contributed by atoms with E-state index in [0.29, 0.717) is 39.4 Å². The van der Waals surface area contributed by atoms with E-state index in [9.17, 15) is 30.0 Å². The molecule has 5 heterocycles. The molecule has 2 atom stereocenters. The summed E-state index contributed by atoms with van der Waals surface area (Å²) in [4.78, 5) is 39.8. The van der Waals surface area contributed by atoms with E-state index in [1.165, 1.54) is 0 Å². The van der Waals surface area contributed by atoms with Gasteiger partial charge < -0.3 is 31.8 Å². The first kappa shape index (κ1) is 34.3. The molecule has 3 aromatic heterocycles. The molecule has 0 spiro atoms. The van der Waals surface area contributed by atoms with Crippen molar-refractivity contribution in [3.63, 3.8) is 0 Å². The van der Waals surface area contributed by atoms with E-state index < -0.39 is 24.1 Å². The summed E-state index contributed by atoms with van der Waals surface area (Å²) in [5, 5.41) is 40.5. The van der Waals surface area contributed by atoms with Crippen LogP contribution in [0.4, 0.5) is 0 Å². The maximum atomic E-state index is 11.6. The Labute approximate surface area is 284 Å². The van der Waals surface area contributed by atoms with Crippen LogP contribution < -0.4 is 29.6 Å². The molecule has 45 heavy (non-hydrogen) atoms. The number of carboxylic acids is 2. The number of hydrogen-bond acceptors (Lipinski definition) is 6. The fourth-order valence-corrected chi connectivity index (χ4v) is 6.32. The van der Waals surface area contributed by atoms with Crippen molar-refractivity contribution in [3.05, 3.63) is 69.3 Å². The molecule has 0 amide bonds. The van der Waals surface area contributed by atoms with Crippen molar-refractivity contribution in [2.24, 2.45) is 0 Å². The van der Waals surface area contributed by atoms with Crippen LogP contribution in [-0.4, -0.2) is 52.3 Å². The maximum absolute atomic E-state index is 11.6. The van der Waals surface area contributed by atoms with Gasteiger partial charge in [0, 0.05) is 46.0 Å². The minimum Gasteiger partial charge on any atom is -1.00 e. The van der Waals surface area contributed by atoms with Gasteiger partial charge in [0.05, 0.1) is 35.0 Å². The summed E-state index contributed by atoms with van der Waals surface area (Å²) in [5.41, 5.74) is 11.7. The fourth-order valence-electron chi connectivity index (χ4n) is 6.32. The quantitative estimate of drug-likeness (QED) is 0.206. The Morgan fingerprint density at radius 3 is 1.44 bits per heavy atom. The van der Waals surface area contributed by atoms with Gasteiger partial charge in [-0.1, -0.05) is 0 Å². The Kier molecular flexibility index (Phi) is 10.3. The van der Waals surface area contributed by atoms with Crippen molar-refractivity contribution in [2.45, 2.75) is 79.4 Å². The molecule has 3 aromatic rings. The SMILES string of the molecule is CC1=C(CCC(=O)O)c2cc3nc(cc4[nH]c(cc5[nH]c(cc1n2)c(C)c5C(C)O)c(C)c4C(C)O)C(C)=C3CCC(=O)O.[H-].[Na+]. The van der Waals surface area contributed by atoms with Gasteiger partial charge in [0.2, 0.25) is 0 Å². The van der Waals surface area contributed by atoms with E-state index in [0.717, 1.165) is 50.0 Å². The number of nitrogens with one attached hydrogen (secondary N) is 2. The van der Waals surface area contributed by atoms with E-state index in [2.05, 4.69) is 9.97 Å². The van der Waals surface area contributed by atoms with E-state index in [-0.39, 0.29) is 56.7 Å². The van der Waals surface area contributed by atoms with E-state index in [4.69, 9.17) is 9.97 Å². The standard InChI is InChI=1S/C34H38N4O6.Na.H/c1-15-21(7-9-31(41)42)27-14-28-22(8-10-32(43)44)16(2)24(36-28)12-29-34(20(6)40)18(4)26(38-29)13-30-33(19(5)39)17(3)25(37-30)11-23(15)35-27;;/h11-14,19-20,37-40H,7-10H2,1-6H3,(H,41,42)(H,43,44);;/q;+1;-1. The summed E-state index contributed by atoms with van der Waals surface area (Å²) in [7, 11) is 0. The van der Waals surface area contributed by atoms with Crippen LogP contribution >= 0.6 is 0 Å². The number of aromatic amines is 2. The summed E-state index contributed by atoms with van der Waals surface area (Å²) in [6.07, 6.45) is -1.18. The van der Waals surface area contributed by atoms with Crippen LogP contribution in [-0.2, 0) is 9.59 Å². The van der Waals surface area contributed by atoms with Crippen molar-refractivity contribution < 1.29 is 61.0 Å². The molecule has 0 radical (unpaired) electrons. The fraction of sp³-hybridized carbons (Fsp3) is 0.353. The predicted octanol–water partition coefficient (Wildman–Crippen LogP) is 3.75. The van der Waals surface area contributed by atoms with Gasteiger partial charge in [-0.3, -0.25) is 9.59 Å². The number of rotatable bonds is 8. The predicted molar refractivity (Wildman–Crippen MR) is 172 cm³/mol. The largest absolute Gasteiger partial charge is 1.00 e. The average Bonchev–Trinajstić information content (AvgIpc) is 3.59. The summed E-state index contributed by atoms with van der Waals surface area (Å²) in [6, 6.07) is 7.51. The molecule has 11 heteroatoms. The molecule has 2 aliphatic heterocycles. The van der Waals surface area contributed by atoms with Gasteiger partial charge in [0.15, 0.2) is 0 Å². The molecule has 0 aromatic carbocycles. The van der Waals surface area contributed by atoms with Gasteiger partial charge in [-0.05, 0) is 112 Å². The maximum Gasteiger partial charge on any atom is 1.00 e. The second-order valence-electron chi connectivity index (χ2n) is 11.7. The van der Waals surface area contributed by atoms with Crippen LogP contribution in [0.3, 0.4) is 0 Å². The molecule has 5 rings (SSSR count). The number of aliphatic hydroxyl groups is 2. The second-order valence-corrected chi connectivity index (χ2v) is 11.7. The zero-order valence-corrected chi connectivity index (χ0v) is 28.8. The molecule has 2 unspecified atom stereocenters. The van der Waals surface area contributed by atoms with Gasteiger partial charge in [-0.2, -0.15) is 0 Å². The second kappa shape index (κ2) is 13.4. The summed E-state index contributed by atoms with van der Waals surface area (Å²) >= 11 is 0. The number of nitrogens with zero attached hydrogens (tertiary/aromatic N) is 2. The van der Waals surface area contributed by atoms with Crippen molar-refractivity contribution in [1.82, 2.24) is 19.9 Å². The third-order valence-corrected chi connectivity index (χ3v) is 8.65. The summed E-state index contributed by atoms with van der Waals surface area (Å²) in [5.74, 6) is -1.84. The molecule has 232 valence electrons. The minimum atomic E-state index is -0.921. The van der Waals surface area contributed by atoms with Crippen LogP contribution in [0.5, 0.6) is 0 Å². The number of aromatic nitrogens is 4. The number of fused-ring (bicyclic) bond motifs is 8. The molecule has 0 saturated heterocycles. The van der Waals surface area contributed by atoms with Crippen LogP contribution in [0, 0.1) is 13.8 Å². The van der Waals surface area contributed by atoms with E-state index >= 15 is 0 Å². The Bertz CT molecular complexity index is 1940. The van der Waals surface area contributed by atoms with Gasteiger partial charge in [0.25, 0.3) is 0 Å². The Morgan fingerprint density at radius 1 is 0.667 bits per heavy atom. The normalized spacial score (nSPS) is 14.4. The van der Waals surface area contributed by atoms with Crippen molar-refractivity contribution in [3.8, 4) is 0 Å². The first-order valence-corrected chi connectivity index (χ1v) is 14.7. The zero-order valence-electron chi connectivity index (χ0n) is 27.8. The molecule has 2 aliphatic rings. The molecule has 0 saturated carbocycles. The molecule has 0 fully saturated rings. The van der Waals surface area contributed by atoms with Crippen LogP contribution in [0.2, 0.25) is 0 Å². The summed E-state index contributed by atoms with van der Waals surface area (Å²) in [6.45, 7) is 11.1. The minimum absolute atomic E-state index is 0. The molecular weight excluding hydrogens is 583 g/mol. The molecular formula is C34H39N4NaO6. The number of hydrogen-bond donors (Lipinski definition) is 6. The molecule has 8 bridgehead atoms. The van der Waals surface area contributed by atoms with Gasteiger partial charge in [-0.25, -0.2) is 9.97 Å².